The van der Waals surface area contributed by atoms with Gasteiger partial charge in [-0.05, 0) is 44.2 Å². The lowest BCUT2D eigenvalue weighted by Gasteiger charge is -2.12. The van der Waals surface area contributed by atoms with E-state index in [-0.39, 0.29) is 0 Å². The molecule has 0 saturated heterocycles. The number of pyridine rings is 1. The van der Waals surface area contributed by atoms with Gasteiger partial charge in [-0.3, -0.25) is 0 Å². The maximum atomic E-state index is 5.91. The van der Waals surface area contributed by atoms with Gasteiger partial charge in [0.15, 0.2) is 11.5 Å². The highest BCUT2D eigenvalue weighted by Gasteiger charge is 2.08. The Balaban J connectivity index is 2.39. The minimum Gasteiger partial charge on any atom is -0.490 e. The van der Waals surface area contributed by atoms with Gasteiger partial charge >= 0.3 is 0 Å². The molecule has 2 rings (SSSR count). The highest BCUT2D eigenvalue weighted by atomic mass is 35.5. The van der Waals surface area contributed by atoms with E-state index in [1.54, 1.807) is 6.07 Å². The Morgan fingerprint density at radius 1 is 1.00 bits per heavy atom. The fraction of sp³-hybridized carbons (Fsp3) is 0.267. The molecule has 2 aromatic rings. The molecule has 0 unspecified atom stereocenters. The van der Waals surface area contributed by atoms with Gasteiger partial charge in [-0.1, -0.05) is 17.7 Å². The first-order valence-corrected chi connectivity index (χ1v) is 6.65. The minimum absolute atomic E-state index is 0.476. The van der Waals surface area contributed by atoms with Crippen molar-refractivity contribution >= 4 is 11.6 Å². The summed E-state index contributed by atoms with van der Waals surface area (Å²) in [5.74, 6) is 1.47. The van der Waals surface area contributed by atoms with E-state index in [2.05, 4.69) is 4.98 Å². The molecule has 100 valence electrons. The summed E-state index contributed by atoms with van der Waals surface area (Å²) in [4.78, 5) is 4.29. The van der Waals surface area contributed by atoms with Crippen molar-refractivity contribution in [1.29, 1.82) is 0 Å². The van der Waals surface area contributed by atoms with Gasteiger partial charge in [0.1, 0.15) is 5.15 Å². The number of benzene rings is 1. The van der Waals surface area contributed by atoms with Crippen LogP contribution in [0.25, 0.3) is 11.3 Å². The van der Waals surface area contributed by atoms with Gasteiger partial charge in [-0.15, -0.1) is 0 Å². The maximum Gasteiger partial charge on any atom is 0.161 e. The second kappa shape index (κ2) is 6.43. The fourth-order valence-corrected chi connectivity index (χ4v) is 1.94. The molecule has 1 aromatic carbocycles. The Morgan fingerprint density at radius 3 is 2.42 bits per heavy atom. The van der Waals surface area contributed by atoms with Gasteiger partial charge < -0.3 is 9.47 Å². The SMILES string of the molecule is CCOc1ccc(-c2cccc(Cl)n2)cc1OCC. The molecule has 0 N–H and O–H groups in total. The molecule has 0 spiro atoms. The molecule has 0 aliphatic carbocycles. The molecule has 3 nitrogen and oxygen atoms in total. The van der Waals surface area contributed by atoms with Gasteiger partial charge in [-0.25, -0.2) is 4.98 Å². The highest BCUT2D eigenvalue weighted by Crippen LogP contribution is 2.32. The summed E-state index contributed by atoms with van der Waals surface area (Å²) in [6, 6.07) is 11.3. The Labute approximate surface area is 118 Å². The van der Waals surface area contributed by atoms with Crippen molar-refractivity contribution in [3.05, 3.63) is 41.6 Å². The van der Waals surface area contributed by atoms with Crippen molar-refractivity contribution in [2.45, 2.75) is 13.8 Å². The molecule has 0 aliphatic rings. The van der Waals surface area contributed by atoms with Gasteiger partial charge in [0, 0.05) is 5.56 Å². The summed E-state index contributed by atoms with van der Waals surface area (Å²) < 4.78 is 11.1. The number of aromatic nitrogens is 1. The summed E-state index contributed by atoms with van der Waals surface area (Å²) in [5.41, 5.74) is 1.77. The zero-order valence-corrected chi connectivity index (χ0v) is 11.8. The summed E-state index contributed by atoms with van der Waals surface area (Å²) >= 11 is 5.91. The second-order valence-electron chi connectivity index (χ2n) is 3.87. The van der Waals surface area contributed by atoms with Crippen molar-refractivity contribution in [2.24, 2.45) is 0 Å². The number of rotatable bonds is 5. The minimum atomic E-state index is 0.476. The predicted molar refractivity (Wildman–Crippen MR) is 77.0 cm³/mol. The number of hydrogen-bond donors (Lipinski definition) is 0. The quantitative estimate of drug-likeness (QED) is 0.768. The normalized spacial score (nSPS) is 10.3. The average Bonchev–Trinajstić information content (AvgIpc) is 2.41. The summed E-state index contributed by atoms with van der Waals surface area (Å²) in [6.45, 7) is 5.09. The largest absolute Gasteiger partial charge is 0.490 e. The molecule has 0 saturated carbocycles. The van der Waals surface area contributed by atoms with Crippen LogP contribution in [0.2, 0.25) is 5.15 Å². The van der Waals surface area contributed by atoms with Crippen LogP contribution in [0.5, 0.6) is 11.5 Å². The van der Waals surface area contributed by atoms with Crippen LogP contribution in [0.1, 0.15) is 13.8 Å². The van der Waals surface area contributed by atoms with Gasteiger partial charge in [0.2, 0.25) is 0 Å². The van der Waals surface area contributed by atoms with E-state index in [0.29, 0.717) is 18.4 Å². The van der Waals surface area contributed by atoms with Crippen LogP contribution in [0.4, 0.5) is 0 Å². The molecule has 19 heavy (non-hydrogen) atoms. The van der Waals surface area contributed by atoms with Crippen molar-refractivity contribution in [1.82, 2.24) is 4.98 Å². The molecule has 0 atom stereocenters. The number of halogens is 1. The van der Waals surface area contributed by atoms with Crippen LogP contribution >= 0.6 is 11.6 Å². The van der Waals surface area contributed by atoms with Crippen molar-refractivity contribution < 1.29 is 9.47 Å². The van der Waals surface area contributed by atoms with E-state index in [1.165, 1.54) is 0 Å². The Bertz CT molecular complexity index is 558. The zero-order valence-electron chi connectivity index (χ0n) is 11.0. The predicted octanol–water partition coefficient (Wildman–Crippen LogP) is 4.20. The van der Waals surface area contributed by atoms with Gasteiger partial charge in [0.25, 0.3) is 0 Å². The molecule has 0 bridgehead atoms. The van der Waals surface area contributed by atoms with E-state index in [4.69, 9.17) is 21.1 Å². The first-order valence-electron chi connectivity index (χ1n) is 6.27. The van der Waals surface area contributed by atoms with Crippen molar-refractivity contribution in [2.75, 3.05) is 13.2 Å². The number of nitrogens with zero attached hydrogens (tertiary/aromatic N) is 1. The van der Waals surface area contributed by atoms with Crippen LogP contribution in [0, 0.1) is 0 Å². The van der Waals surface area contributed by atoms with Crippen LogP contribution < -0.4 is 9.47 Å². The number of ether oxygens (including phenoxy) is 2. The molecule has 0 radical (unpaired) electrons. The van der Waals surface area contributed by atoms with Crippen molar-refractivity contribution in [3.8, 4) is 22.8 Å². The first kappa shape index (κ1) is 13.7. The molecule has 0 fully saturated rings. The van der Waals surface area contributed by atoms with Crippen LogP contribution in [-0.2, 0) is 0 Å². The maximum absolute atomic E-state index is 5.91. The smallest absolute Gasteiger partial charge is 0.161 e. The molecular formula is C15H16ClNO2. The molecule has 0 aliphatic heterocycles. The summed E-state index contributed by atoms with van der Waals surface area (Å²) in [7, 11) is 0. The van der Waals surface area contributed by atoms with Crippen molar-refractivity contribution in [3.63, 3.8) is 0 Å². The molecule has 1 aromatic heterocycles. The van der Waals surface area contributed by atoms with Gasteiger partial charge in [0.05, 0.1) is 18.9 Å². The standard InChI is InChI=1S/C15H16ClNO2/c1-3-18-13-9-8-11(10-14(13)19-4-2)12-6-5-7-15(16)17-12/h5-10H,3-4H2,1-2H3. The molecule has 4 heteroatoms. The Morgan fingerprint density at radius 2 is 1.74 bits per heavy atom. The van der Waals surface area contributed by atoms with E-state index in [9.17, 15) is 0 Å². The van der Waals surface area contributed by atoms with Crippen LogP contribution in [0.3, 0.4) is 0 Å². The Hall–Kier alpha value is -1.74. The van der Waals surface area contributed by atoms with Gasteiger partial charge in [-0.2, -0.15) is 0 Å². The highest BCUT2D eigenvalue weighted by molar-refractivity contribution is 6.29. The summed E-state index contributed by atoms with van der Waals surface area (Å²) in [5, 5.41) is 0.476. The average molecular weight is 278 g/mol. The third kappa shape index (κ3) is 3.38. The zero-order chi connectivity index (χ0) is 13.7. The number of hydrogen-bond acceptors (Lipinski definition) is 3. The molecule has 0 amide bonds. The Kier molecular flexibility index (Phi) is 4.63. The third-order valence-electron chi connectivity index (χ3n) is 2.55. The fourth-order valence-electron chi connectivity index (χ4n) is 1.78. The molecular weight excluding hydrogens is 262 g/mol. The third-order valence-corrected chi connectivity index (χ3v) is 2.76. The lowest BCUT2D eigenvalue weighted by Crippen LogP contribution is -1.98. The topological polar surface area (TPSA) is 31.4 Å². The van der Waals surface area contributed by atoms with Crippen LogP contribution in [0.15, 0.2) is 36.4 Å². The van der Waals surface area contributed by atoms with E-state index < -0.39 is 0 Å². The monoisotopic (exact) mass is 277 g/mol. The van der Waals surface area contributed by atoms with E-state index >= 15 is 0 Å². The van der Waals surface area contributed by atoms with Crippen LogP contribution in [-0.4, -0.2) is 18.2 Å². The summed E-state index contributed by atoms with van der Waals surface area (Å²) in [6.07, 6.45) is 0. The second-order valence-corrected chi connectivity index (χ2v) is 4.26. The van der Waals surface area contributed by atoms with E-state index in [0.717, 1.165) is 22.8 Å². The molecule has 1 heterocycles. The lowest BCUT2D eigenvalue weighted by atomic mass is 10.1. The first-order chi connectivity index (χ1) is 9.24. The van der Waals surface area contributed by atoms with E-state index in [1.807, 2.05) is 44.2 Å². The lowest BCUT2D eigenvalue weighted by molar-refractivity contribution is 0.288.